The van der Waals surface area contributed by atoms with Crippen LogP contribution in [0.5, 0.6) is 23.0 Å². The number of ether oxygens (including phenoxy) is 8. The highest BCUT2D eigenvalue weighted by Gasteiger charge is 2.39. The first-order valence-electron chi connectivity index (χ1n) is 20.8. The Balaban J connectivity index is 0.000000299. The minimum atomic E-state index is -1.14. The number of esters is 5. The first-order valence-corrected chi connectivity index (χ1v) is 20.8. The van der Waals surface area contributed by atoms with Gasteiger partial charge in [0.05, 0.1) is 55.1 Å². The van der Waals surface area contributed by atoms with Crippen molar-refractivity contribution in [3.8, 4) is 23.0 Å². The molecule has 1 heterocycles. The number of carboxylic acid groups (broad SMARTS) is 1. The molecule has 4 aromatic rings. The molecule has 4 aromatic carbocycles. The largest absolute Gasteiger partial charge is 0.494 e. The minimum Gasteiger partial charge on any atom is -0.494 e. The van der Waals surface area contributed by atoms with Crippen LogP contribution in [-0.2, 0) is 38.1 Å². The molecule has 1 N–H and O–H groups in total. The second-order valence-corrected chi connectivity index (χ2v) is 14.0. The maximum Gasteiger partial charge on any atom is 0.343 e. The maximum absolute atomic E-state index is 12.4. The van der Waals surface area contributed by atoms with Crippen molar-refractivity contribution < 1.29 is 81.4 Å². The van der Waals surface area contributed by atoms with E-state index >= 15 is 0 Å². The van der Waals surface area contributed by atoms with Gasteiger partial charge in [0.2, 0.25) is 5.91 Å². The van der Waals surface area contributed by atoms with Crippen molar-refractivity contribution in [2.45, 2.75) is 38.2 Å². The van der Waals surface area contributed by atoms with E-state index < -0.39 is 53.7 Å². The van der Waals surface area contributed by atoms with Gasteiger partial charge in [-0.05, 0) is 123 Å². The van der Waals surface area contributed by atoms with Gasteiger partial charge in [0.1, 0.15) is 36.2 Å². The number of carboxylic acids is 1. The first kappa shape index (κ1) is 51.5. The zero-order valence-electron chi connectivity index (χ0n) is 36.6. The highest BCUT2D eigenvalue weighted by atomic mass is 16.6. The summed E-state index contributed by atoms with van der Waals surface area (Å²) in [6, 6.07) is 24.1. The predicted octanol–water partition coefficient (Wildman–Crippen LogP) is 6.22. The number of likely N-dealkylation sites (N-methyl/N-ethyl adjacent to an activating group) is 1. The fourth-order valence-corrected chi connectivity index (χ4v) is 5.60. The van der Waals surface area contributed by atoms with Crippen LogP contribution in [0.25, 0.3) is 0 Å². The number of likely N-dealkylation sites (tertiary alicyclic amines) is 1. The molecule has 18 heteroatoms. The van der Waals surface area contributed by atoms with Crippen molar-refractivity contribution in [3.63, 3.8) is 0 Å². The van der Waals surface area contributed by atoms with Crippen LogP contribution in [-0.4, -0.2) is 110 Å². The van der Waals surface area contributed by atoms with Crippen molar-refractivity contribution in [2.75, 3.05) is 46.7 Å². The molecule has 0 radical (unpaired) electrons. The van der Waals surface area contributed by atoms with Crippen LogP contribution < -0.4 is 18.9 Å². The number of carbonyl (C=O) groups is 8. The monoisotopic (exact) mass is 923 g/mol. The first-order chi connectivity index (χ1) is 32.3. The molecule has 0 aliphatic carbocycles. The lowest BCUT2D eigenvalue weighted by molar-refractivity contribution is -0.140. The second kappa shape index (κ2) is 27.3. The quantitative estimate of drug-likeness (QED) is 0.0205. The average Bonchev–Trinajstić information content (AvgIpc) is 3.58. The standard InChI is InChI=1S/C26H25NO10.C23H24O7/c1-3-23(29)35-15-13-33-12-14-34-19-8-4-17(5-9-19)25(31)36-20-10-6-18(7-11-20)26(32)37-21-16-22(28)27(2)24(21)30;1-2-21(24)29-16-6-4-3-5-15-28-19-11-9-18(10-12-19)23(27)30-20-13-7-17(8-14-20)22(25)26/h3-11,21H,1,12-16H2,2H3;2,7-14H,1,3-6,15-16H2,(H,25,26). The topological polar surface area (TPSA) is 234 Å². The van der Waals surface area contributed by atoms with E-state index in [1.165, 1.54) is 67.7 Å². The normalized spacial score (nSPS) is 12.7. The molecular formula is C49H49NO17. The van der Waals surface area contributed by atoms with E-state index in [-0.39, 0.29) is 61.0 Å². The van der Waals surface area contributed by atoms with E-state index in [1.54, 1.807) is 36.4 Å². The highest BCUT2D eigenvalue weighted by Crippen LogP contribution is 2.21. The van der Waals surface area contributed by atoms with Gasteiger partial charge >= 0.3 is 35.8 Å². The minimum absolute atomic E-state index is 0.118. The van der Waals surface area contributed by atoms with Gasteiger partial charge < -0.3 is 43.0 Å². The summed E-state index contributed by atoms with van der Waals surface area (Å²) in [5, 5.41) is 8.88. The summed E-state index contributed by atoms with van der Waals surface area (Å²) in [6.07, 6.45) is 4.45. The molecule has 5 rings (SSSR count). The molecule has 0 spiro atoms. The number of hydrogen-bond acceptors (Lipinski definition) is 16. The molecule has 0 bridgehead atoms. The van der Waals surface area contributed by atoms with Crippen LogP contribution in [0.1, 0.15) is 73.5 Å². The number of imide groups is 1. The Morgan fingerprint density at radius 2 is 0.970 bits per heavy atom. The van der Waals surface area contributed by atoms with Gasteiger partial charge in [0.25, 0.3) is 5.91 Å². The van der Waals surface area contributed by atoms with Gasteiger partial charge in [-0.1, -0.05) is 13.2 Å². The zero-order chi connectivity index (χ0) is 48.6. The number of unbranched alkanes of at least 4 members (excludes halogenated alkanes) is 3. The molecule has 352 valence electrons. The van der Waals surface area contributed by atoms with Crippen LogP contribution in [0.15, 0.2) is 122 Å². The summed E-state index contributed by atoms with van der Waals surface area (Å²) >= 11 is 0. The molecule has 2 amide bonds. The number of hydrogen-bond donors (Lipinski definition) is 1. The lowest BCUT2D eigenvalue weighted by Gasteiger charge is -2.11. The molecule has 0 aromatic heterocycles. The van der Waals surface area contributed by atoms with Crippen LogP contribution in [0, 0.1) is 0 Å². The fourth-order valence-electron chi connectivity index (χ4n) is 5.60. The second-order valence-electron chi connectivity index (χ2n) is 14.0. The van der Waals surface area contributed by atoms with Crippen molar-refractivity contribution in [1.29, 1.82) is 0 Å². The maximum atomic E-state index is 12.4. The predicted molar refractivity (Wildman–Crippen MR) is 237 cm³/mol. The molecule has 1 saturated heterocycles. The number of amides is 2. The van der Waals surface area contributed by atoms with Crippen LogP contribution in [0.2, 0.25) is 0 Å². The zero-order valence-corrected chi connectivity index (χ0v) is 36.6. The van der Waals surface area contributed by atoms with Gasteiger partial charge in [-0.15, -0.1) is 0 Å². The molecule has 18 nitrogen and oxygen atoms in total. The van der Waals surface area contributed by atoms with Gasteiger partial charge in [-0.3, -0.25) is 14.5 Å². The van der Waals surface area contributed by atoms with Crippen molar-refractivity contribution in [3.05, 3.63) is 145 Å². The van der Waals surface area contributed by atoms with Crippen LogP contribution in [0.4, 0.5) is 0 Å². The van der Waals surface area contributed by atoms with E-state index in [4.69, 9.17) is 43.0 Å². The third kappa shape index (κ3) is 17.8. The van der Waals surface area contributed by atoms with Gasteiger partial charge in [0.15, 0.2) is 6.10 Å². The van der Waals surface area contributed by atoms with Crippen molar-refractivity contribution in [2.24, 2.45) is 0 Å². The summed E-state index contributed by atoms with van der Waals surface area (Å²) < 4.78 is 41.8. The molecule has 1 fully saturated rings. The number of rotatable bonds is 24. The Morgan fingerprint density at radius 3 is 1.43 bits per heavy atom. The van der Waals surface area contributed by atoms with Gasteiger partial charge in [-0.25, -0.2) is 28.8 Å². The smallest absolute Gasteiger partial charge is 0.343 e. The van der Waals surface area contributed by atoms with Gasteiger partial charge in [-0.2, -0.15) is 0 Å². The van der Waals surface area contributed by atoms with Crippen LogP contribution >= 0.6 is 0 Å². The lowest BCUT2D eigenvalue weighted by Crippen LogP contribution is -2.30. The van der Waals surface area contributed by atoms with E-state index in [0.29, 0.717) is 30.3 Å². The summed E-state index contributed by atoms with van der Waals surface area (Å²) in [5.74, 6) is -3.23. The molecule has 0 saturated carbocycles. The van der Waals surface area contributed by atoms with E-state index in [2.05, 4.69) is 13.2 Å². The Kier molecular flexibility index (Phi) is 21.0. The van der Waals surface area contributed by atoms with Crippen molar-refractivity contribution in [1.82, 2.24) is 4.90 Å². The summed E-state index contributed by atoms with van der Waals surface area (Å²) in [4.78, 5) is 93.8. The van der Waals surface area contributed by atoms with E-state index in [9.17, 15) is 38.4 Å². The number of nitrogens with zero attached hydrogens (tertiary/aromatic N) is 1. The molecule has 1 aliphatic rings. The SMILES string of the molecule is C=CC(=O)OCCCCCCOc1ccc(C(=O)Oc2ccc(C(=O)O)cc2)cc1.C=CC(=O)OCCOCCOc1ccc(C(=O)Oc2ccc(C(=O)OC3CC(=O)N(C)C3=O)cc2)cc1. The molecule has 1 unspecified atom stereocenters. The van der Waals surface area contributed by atoms with E-state index in [1.807, 2.05) is 0 Å². The number of benzene rings is 4. The highest BCUT2D eigenvalue weighted by molar-refractivity contribution is 6.06. The van der Waals surface area contributed by atoms with Gasteiger partial charge in [0, 0.05) is 19.2 Å². The molecule has 67 heavy (non-hydrogen) atoms. The summed E-state index contributed by atoms with van der Waals surface area (Å²) in [6.45, 7) is 8.47. The molecular weight excluding hydrogens is 875 g/mol. The third-order valence-corrected chi connectivity index (χ3v) is 9.24. The molecule has 1 atom stereocenters. The Hall–Kier alpha value is -8.12. The number of aromatic carboxylic acids is 1. The fraction of sp³-hybridized carbons (Fsp3) is 0.265. The van der Waals surface area contributed by atoms with E-state index in [0.717, 1.165) is 42.7 Å². The Morgan fingerprint density at radius 1 is 0.552 bits per heavy atom. The van der Waals surface area contributed by atoms with Crippen molar-refractivity contribution >= 4 is 47.6 Å². The summed E-state index contributed by atoms with van der Waals surface area (Å²) in [5.41, 5.74) is 0.897. The lowest BCUT2D eigenvalue weighted by atomic mass is 10.2. The Bertz CT molecular complexity index is 2340. The number of carbonyl (C=O) groups excluding carboxylic acids is 7. The third-order valence-electron chi connectivity index (χ3n) is 9.24. The average molecular weight is 924 g/mol. The Labute approximate surface area is 385 Å². The van der Waals surface area contributed by atoms with Crippen LogP contribution in [0.3, 0.4) is 0 Å². The molecule has 1 aliphatic heterocycles. The summed E-state index contributed by atoms with van der Waals surface area (Å²) in [7, 11) is 1.33.